The Morgan fingerprint density at radius 1 is 0.935 bits per heavy atom. The Bertz CT molecular complexity index is 1660. The molecule has 0 unspecified atom stereocenters. The first-order valence-electron chi connectivity index (χ1n) is 10.9. The smallest absolute Gasteiger partial charge is 0.131 e. The third-order valence-corrected chi connectivity index (χ3v) is 6.59. The van der Waals surface area contributed by atoms with Crippen molar-refractivity contribution < 1.29 is 4.39 Å². The minimum absolute atomic E-state index is 0.133. The fourth-order valence-corrected chi connectivity index (χ4v) is 5.47. The number of aryl methyl sites for hydroxylation is 2. The van der Waals surface area contributed by atoms with Crippen molar-refractivity contribution >= 4 is 49.0 Å². The molecule has 31 heavy (non-hydrogen) atoms. The third kappa shape index (κ3) is 2.40. The van der Waals surface area contributed by atoms with Crippen molar-refractivity contribution in [1.82, 2.24) is 9.38 Å². The van der Waals surface area contributed by atoms with Gasteiger partial charge in [0.2, 0.25) is 0 Å². The Kier molecular flexibility index (Phi) is 3.56. The highest BCUT2D eigenvalue weighted by molar-refractivity contribution is 6.28. The maximum atomic E-state index is 15.1. The molecule has 0 spiro atoms. The average Bonchev–Trinajstić information content (AvgIpc) is 3.06. The van der Waals surface area contributed by atoms with Gasteiger partial charge in [-0.3, -0.25) is 4.98 Å². The number of para-hydroxylation sites is 1. The maximum Gasteiger partial charge on any atom is 0.131 e. The molecule has 0 N–H and O–H groups in total. The lowest BCUT2D eigenvalue weighted by Gasteiger charge is -2.21. The predicted octanol–water partition coefficient (Wildman–Crippen LogP) is 7.73. The second-order valence-electron chi connectivity index (χ2n) is 10.1. The Labute approximate surface area is 180 Å². The second kappa shape index (κ2) is 5.94. The molecule has 3 heterocycles. The van der Waals surface area contributed by atoms with E-state index >= 15 is 4.39 Å². The fourth-order valence-electron chi connectivity index (χ4n) is 5.47. The zero-order chi connectivity index (χ0) is 21.7. The van der Waals surface area contributed by atoms with E-state index in [1.807, 2.05) is 26.1 Å². The van der Waals surface area contributed by atoms with Crippen molar-refractivity contribution in [3.05, 3.63) is 71.2 Å². The molecule has 0 saturated heterocycles. The molecule has 0 bridgehead atoms. The van der Waals surface area contributed by atoms with Gasteiger partial charge in [-0.05, 0) is 60.4 Å². The number of rotatable bonds is 1. The molecule has 0 atom stereocenters. The van der Waals surface area contributed by atoms with Crippen molar-refractivity contribution in [1.29, 1.82) is 0 Å². The molecular weight excluding hydrogens is 383 g/mol. The predicted molar refractivity (Wildman–Crippen MR) is 129 cm³/mol. The van der Waals surface area contributed by atoms with Gasteiger partial charge in [0.1, 0.15) is 5.82 Å². The minimum atomic E-state index is -0.133. The summed E-state index contributed by atoms with van der Waals surface area (Å²) in [6.07, 6.45) is 2.86. The number of benzene rings is 3. The number of fused-ring (bicyclic) bond motifs is 6. The number of pyridine rings is 2. The summed E-state index contributed by atoms with van der Waals surface area (Å²) in [5, 5.41) is 5.89. The Morgan fingerprint density at radius 3 is 2.48 bits per heavy atom. The zero-order valence-electron chi connectivity index (χ0n) is 18.6. The Hall–Kier alpha value is -3.20. The molecule has 154 valence electrons. The quantitative estimate of drug-likeness (QED) is 0.201. The van der Waals surface area contributed by atoms with Crippen LogP contribution in [-0.2, 0) is 6.42 Å². The highest BCUT2D eigenvalue weighted by Gasteiger charge is 2.24. The van der Waals surface area contributed by atoms with Gasteiger partial charge in [0, 0.05) is 33.3 Å². The summed E-state index contributed by atoms with van der Waals surface area (Å²) in [6, 6.07) is 15.0. The van der Waals surface area contributed by atoms with Crippen LogP contribution in [0.25, 0.3) is 49.0 Å². The van der Waals surface area contributed by atoms with Gasteiger partial charge in [-0.15, -0.1) is 0 Å². The standard InChI is InChI=1S/C28H25FN2/c1-15-12-20-25-23-17(10-11-30-25)13-18(14-28(3,4)5)22-19-8-6-7-9-21(19)31(27(22)23)26(20)16(2)24(15)29/h6-13H,14H2,1-5H3. The lowest BCUT2D eigenvalue weighted by atomic mass is 9.85. The van der Waals surface area contributed by atoms with Crippen LogP contribution in [0.15, 0.2) is 48.7 Å². The molecule has 0 aliphatic rings. The van der Waals surface area contributed by atoms with Crippen LogP contribution >= 0.6 is 0 Å². The van der Waals surface area contributed by atoms with Crippen molar-refractivity contribution in [2.24, 2.45) is 5.41 Å². The molecule has 0 aliphatic carbocycles. The molecule has 6 aromatic rings. The number of halogens is 1. The minimum Gasteiger partial charge on any atom is -0.307 e. The highest BCUT2D eigenvalue weighted by atomic mass is 19.1. The van der Waals surface area contributed by atoms with E-state index in [1.165, 1.54) is 32.6 Å². The first kappa shape index (κ1) is 18.6. The summed E-state index contributed by atoms with van der Waals surface area (Å²) in [6.45, 7) is 10.6. The van der Waals surface area contributed by atoms with E-state index in [0.29, 0.717) is 11.1 Å². The number of hydrogen-bond donors (Lipinski definition) is 0. The largest absolute Gasteiger partial charge is 0.307 e. The summed E-state index contributed by atoms with van der Waals surface area (Å²) in [4.78, 5) is 4.81. The van der Waals surface area contributed by atoms with Crippen LogP contribution in [0.2, 0.25) is 0 Å². The van der Waals surface area contributed by atoms with Gasteiger partial charge in [0.25, 0.3) is 0 Å². The lowest BCUT2D eigenvalue weighted by molar-refractivity contribution is 0.413. The molecule has 0 fully saturated rings. The maximum absolute atomic E-state index is 15.1. The highest BCUT2D eigenvalue weighted by Crippen LogP contribution is 2.44. The van der Waals surface area contributed by atoms with Crippen LogP contribution in [0.5, 0.6) is 0 Å². The zero-order valence-corrected chi connectivity index (χ0v) is 18.6. The summed E-state index contributed by atoms with van der Waals surface area (Å²) >= 11 is 0. The van der Waals surface area contributed by atoms with E-state index in [0.717, 1.165) is 28.4 Å². The third-order valence-electron chi connectivity index (χ3n) is 6.59. The van der Waals surface area contributed by atoms with Crippen LogP contribution in [0.3, 0.4) is 0 Å². The van der Waals surface area contributed by atoms with E-state index in [2.05, 4.69) is 61.6 Å². The Morgan fingerprint density at radius 2 is 1.71 bits per heavy atom. The van der Waals surface area contributed by atoms with Crippen LogP contribution < -0.4 is 0 Å². The first-order chi connectivity index (χ1) is 14.8. The van der Waals surface area contributed by atoms with Gasteiger partial charge in [-0.1, -0.05) is 45.0 Å². The van der Waals surface area contributed by atoms with E-state index in [1.54, 1.807) is 0 Å². The van der Waals surface area contributed by atoms with Crippen LogP contribution in [0, 0.1) is 25.1 Å². The second-order valence-corrected chi connectivity index (χ2v) is 10.1. The monoisotopic (exact) mass is 408 g/mol. The number of hydrogen-bond acceptors (Lipinski definition) is 1. The van der Waals surface area contributed by atoms with Gasteiger partial charge in [0.15, 0.2) is 0 Å². The molecule has 0 amide bonds. The van der Waals surface area contributed by atoms with Crippen molar-refractivity contribution in [2.45, 2.75) is 41.0 Å². The molecular formula is C28H25FN2. The lowest BCUT2D eigenvalue weighted by Crippen LogP contribution is -2.09. The molecule has 3 aromatic heterocycles. The molecule has 2 nitrogen and oxygen atoms in total. The first-order valence-corrected chi connectivity index (χ1v) is 10.9. The molecule has 0 aliphatic heterocycles. The Balaban J connectivity index is 2.02. The van der Waals surface area contributed by atoms with Gasteiger partial charge in [0.05, 0.1) is 22.1 Å². The van der Waals surface area contributed by atoms with Gasteiger partial charge >= 0.3 is 0 Å². The van der Waals surface area contributed by atoms with E-state index in [9.17, 15) is 0 Å². The molecule has 0 radical (unpaired) electrons. The molecule has 0 saturated carbocycles. The SMILES string of the molecule is Cc1cc2c3nccc4cc(CC(C)(C)C)c5c6ccccc6n(c2c(C)c1F)c5c43. The van der Waals surface area contributed by atoms with Crippen molar-refractivity contribution in [2.75, 3.05) is 0 Å². The van der Waals surface area contributed by atoms with E-state index < -0.39 is 0 Å². The van der Waals surface area contributed by atoms with E-state index in [-0.39, 0.29) is 11.2 Å². The normalized spacial score (nSPS) is 13.0. The van der Waals surface area contributed by atoms with Gasteiger partial charge in [-0.25, -0.2) is 4.39 Å². The summed E-state index contributed by atoms with van der Waals surface area (Å²) in [7, 11) is 0. The van der Waals surface area contributed by atoms with Crippen molar-refractivity contribution in [3.8, 4) is 0 Å². The summed E-state index contributed by atoms with van der Waals surface area (Å²) in [5.41, 5.74) is 7.02. The van der Waals surface area contributed by atoms with Crippen LogP contribution in [0.1, 0.15) is 37.5 Å². The number of nitrogens with zero attached hydrogens (tertiary/aromatic N) is 2. The number of aromatic nitrogens is 2. The molecule has 6 rings (SSSR count). The van der Waals surface area contributed by atoms with Gasteiger partial charge in [-0.2, -0.15) is 0 Å². The summed E-state index contributed by atoms with van der Waals surface area (Å²) < 4.78 is 17.4. The van der Waals surface area contributed by atoms with Crippen LogP contribution in [-0.4, -0.2) is 9.38 Å². The topological polar surface area (TPSA) is 17.3 Å². The van der Waals surface area contributed by atoms with Crippen molar-refractivity contribution in [3.63, 3.8) is 0 Å². The van der Waals surface area contributed by atoms with Gasteiger partial charge < -0.3 is 4.40 Å². The average molecular weight is 409 g/mol. The molecule has 3 heteroatoms. The molecule has 3 aromatic carbocycles. The van der Waals surface area contributed by atoms with E-state index in [4.69, 9.17) is 4.98 Å². The van der Waals surface area contributed by atoms with Crippen LogP contribution in [0.4, 0.5) is 4.39 Å². The summed E-state index contributed by atoms with van der Waals surface area (Å²) in [5.74, 6) is -0.133. The fraction of sp³-hybridized carbons (Fsp3) is 0.250.